The summed E-state index contributed by atoms with van der Waals surface area (Å²) in [6, 6.07) is 12.3. The standard InChI is InChI=1S/C17H17FO3/c1-20-16-7-6-12(9-14(16)18)17(19)13-8-11-4-2-3-5-15(11)21-10-13/h2-7,9,13,17,19H,8,10H2,1H3. The van der Waals surface area contributed by atoms with E-state index >= 15 is 0 Å². The van der Waals surface area contributed by atoms with E-state index in [9.17, 15) is 9.50 Å². The molecule has 3 rings (SSSR count). The van der Waals surface area contributed by atoms with Gasteiger partial charge in [0, 0.05) is 5.92 Å². The number of aliphatic hydroxyl groups excluding tert-OH is 1. The van der Waals surface area contributed by atoms with Gasteiger partial charge in [0.2, 0.25) is 0 Å². The number of aliphatic hydroxyl groups is 1. The van der Waals surface area contributed by atoms with E-state index in [0.717, 1.165) is 11.3 Å². The minimum Gasteiger partial charge on any atom is -0.494 e. The number of methoxy groups -OCH3 is 1. The van der Waals surface area contributed by atoms with Crippen LogP contribution in [0.15, 0.2) is 42.5 Å². The Hall–Kier alpha value is -2.07. The van der Waals surface area contributed by atoms with Crippen molar-refractivity contribution in [3.8, 4) is 11.5 Å². The second-order valence-corrected chi connectivity index (χ2v) is 5.22. The number of hydrogen-bond donors (Lipinski definition) is 1. The topological polar surface area (TPSA) is 38.7 Å². The zero-order valence-corrected chi connectivity index (χ0v) is 11.8. The Morgan fingerprint density at radius 3 is 2.86 bits per heavy atom. The van der Waals surface area contributed by atoms with Crippen molar-refractivity contribution in [2.45, 2.75) is 12.5 Å². The Morgan fingerprint density at radius 2 is 2.10 bits per heavy atom. The maximum Gasteiger partial charge on any atom is 0.165 e. The highest BCUT2D eigenvalue weighted by atomic mass is 19.1. The van der Waals surface area contributed by atoms with Crippen molar-refractivity contribution in [3.05, 3.63) is 59.4 Å². The molecule has 1 aliphatic heterocycles. The van der Waals surface area contributed by atoms with Gasteiger partial charge >= 0.3 is 0 Å². The molecule has 2 atom stereocenters. The van der Waals surface area contributed by atoms with Crippen LogP contribution in [0.4, 0.5) is 4.39 Å². The molecule has 0 aliphatic carbocycles. The van der Waals surface area contributed by atoms with Crippen molar-refractivity contribution in [3.63, 3.8) is 0 Å². The van der Waals surface area contributed by atoms with Gasteiger partial charge in [-0.1, -0.05) is 24.3 Å². The lowest BCUT2D eigenvalue weighted by molar-refractivity contribution is 0.0642. The first-order valence-electron chi connectivity index (χ1n) is 6.91. The average molecular weight is 288 g/mol. The van der Waals surface area contributed by atoms with Crippen LogP contribution < -0.4 is 9.47 Å². The van der Waals surface area contributed by atoms with Crippen molar-refractivity contribution < 1.29 is 19.0 Å². The van der Waals surface area contributed by atoms with Crippen molar-refractivity contribution in [2.24, 2.45) is 5.92 Å². The summed E-state index contributed by atoms with van der Waals surface area (Å²) >= 11 is 0. The maximum absolute atomic E-state index is 13.7. The molecular weight excluding hydrogens is 271 g/mol. The minimum atomic E-state index is -0.765. The summed E-state index contributed by atoms with van der Waals surface area (Å²) in [5, 5.41) is 10.5. The largest absolute Gasteiger partial charge is 0.494 e. The molecule has 0 aromatic heterocycles. The first-order chi connectivity index (χ1) is 10.2. The minimum absolute atomic E-state index is 0.0901. The van der Waals surface area contributed by atoms with Gasteiger partial charge in [-0.25, -0.2) is 4.39 Å². The highest BCUT2D eigenvalue weighted by Crippen LogP contribution is 2.34. The Bertz CT molecular complexity index is 642. The van der Waals surface area contributed by atoms with Crippen molar-refractivity contribution in [1.82, 2.24) is 0 Å². The van der Waals surface area contributed by atoms with Crippen LogP contribution in [-0.4, -0.2) is 18.8 Å². The average Bonchev–Trinajstić information content (AvgIpc) is 2.53. The van der Waals surface area contributed by atoms with Crippen LogP contribution in [0.1, 0.15) is 17.2 Å². The van der Waals surface area contributed by atoms with Crippen LogP contribution in [0.5, 0.6) is 11.5 Å². The Kier molecular flexibility index (Phi) is 3.80. The van der Waals surface area contributed by atoms with E-state index in [1.807, 2.05) is 24.3 Å². The Labute approximate surface area is 122 Å². The molecule has 0 amide bonds. The van der Waals surface area contributed by atoms with Crippen molar-refractivity contribution in [1.29, 1.82) is 0 Å². The first-order valence-corrected chi connectivity index (χ1v) is 6.91. The summed E-state index contributed by atoms with van der Waals surface area (Å²) in [4.78, 5) is 0. The lowest BCUT2D eigenvalue weighted by Crippen LogP contribution is -2.26. The molecule has 0 spiro atoms. The fourth-order valence-corrected chi connectivity index (χ4v) is 2.69. The molecule has 110 valence electrons. The number of fused-ring (bicyclic) bond motifs is 1. The van der Waals surface area contributed by atoms with E-state index in [1.165, 1.54) is 19.2 Å². The molecule has 2 aromatic carbocycles. The highest BCUT2D eigenvalue weighted by molar-refractivity contribution is 5.36. The molecule has 4 heteroatoms. The van der Waals surface area contributed by atoms with E-state index in [2.05, 4.69) is 0 Å². The zero-order valence-electron chi connectivity index (χ0n) is 11.8. The molecule has 0 radical (unpaired) electrons. The molecule has 2 unspecified atom stereocenters. The van der Waals surface area contributed by atoms with Gasteiger partial charge in [-0.3, -0.25) is 0 Å². The smallest absolute Gasteiger partial charge is 0.165 e. The second kappa shape index (κ2) is 5.74. The predicted octanol–water partition coefficient (Wildman–Crippen LogP) is 3.12. The quantitative estimate of drug-likeness (QED) is 0.943. The summed E-state index contributed by atoms with van der Waals surface area (Å²) in [6.45, 7) is 0.422. The molecule has 0 bridgehead atoms. The molecule has 0 saturated heterocycles. The molecule has 0 saturated carbocycles. The molecule has 1 aliphatic rings. The SMILES string of the molecule is COc1ccc(C(O)C2COc3ccccc3C2)cc1F. The summed E-state index contributed by atoms with van der Waals surface area (Å²) in [5.74, 6) is 0.483. The third-order valence-corrected chi connectivity index (χ3v) is 3.87. The normalized spacial score (nSPS) is 18.5. The van der Waals surface area contributed by atoms with E-state index in [4.69, 9.17) is 9.47 Å². The van der Waals surface area contributed by atoms with Crippen LogP contribution in [0.25, 0.3) is 0 Å². The van der Waals surface area contributed by atoms with Crippen LogP contribution in [0.2, 0.25) is 0 Å². The number of rotatable bonds is 3. The lowest BCUT2D eigenvalue weighted by atomic mass is 9.88. The molecule has 1 heterocycles. The van der Waals surface area contributed by atoms with Gasteiger partial charge in [0.25, 0.3) is 0 Å². The van der Waals surface area contributed by atoms with E-state index in [-0.39, 0.29) is 11.7 Å². The molecule has 3 nitrogen and oxygen atoms in total. The third-order valence-electron chi connectivity index (χ3n) is 3.87. The molecule has 1 N–H and O–H groups in total. The number of benzene rings is 2. The third kappa shape index (κ3) is 2.72. The zero-order chi connectivity index (χ0) is 14.8. The Morgan fingerprint density at radius 1 is 1.29 bits per heavy atom. The monoisotopic (exact) mass is 288 g/mol. The summed E-state index contributed by atoms with van der Waals surface area (Å²) < 4.78 is 24.3. The van der Waals surface area contributed by atoms with E-state index in [0.29, 0.717) is 18.6 Å². The number of para-hydroxylation sites is 1. The van der Waals surface area contributed by atoms with Crippen LogP contribution in [0.3, 0.4) is 0 Å². The molecule has 0 fully saturated rings. The van der Waals surface area contributed by atoms with Gasteiger partial charge in [-0.15, -0.1) is 0 Å². The van der Waals surface area contributed by atoms with Gasteiger partial charge < -0.3 is 14.6 Å². The number of hydrogen-bond acceptors (Lipinski definition) is 3. The first kappa shape index (κ1) is 13.9. The fourth-order valence-electron chi connectivity index (χ4n) is 2.69. The van der Waals surface area contributed by atoms with Gasteiger partial charge in [0.15, 0.2) is 11.6 Å². The molecule has 21 heavy (non-hydrogen) atoms. The van der Waals surface area contributed by atoms with Crippen LogP contribution in [-0.2, 0) is 6.42 Å². The highest BCUT2D eigenvalue weighted by Gasteiger charge is 2.27. The van der Waals surface area contributed by atoms with Crippen LogP contribution >= 0.6 is 0 Å². The summed E-state index contributed by atoms with van der Waals surface area (Å²) in [5.41, 5.74) is 1.61. The van der Waals surface area contributed by atoms with Gasteiger partial charge in [-0.05, 0) is 35.7 Å². The van der Waals surface area contributed by atoms with Crippen LogP contribution in [0, 0.1) is 11.7 Å². The van der Waals surface area contributed by atoms with Gasteiger partial charge in [0.1, 0.15) is 5.75 Å². The van der Waals surface area contributed by atoms with Gasteiger partial charge in [0.05, 0.1) is 19.8 Å². The van der Waals surface area contributed by atoms with E-state index in [1.54, 1.807) is 6.07 Å². The summed E-state index contributed by atoms with van der Waals surface area (Å²) in [7, 11) is 1.42. The predicted molar refractivity (Wildman–Crippen MR) is 77.0 cm³/mol. The lowest BCUT2D eigenvalue weighted by Gasteiger charge is -2.29. The van der Waals surface area contributed by atoms with E-state index < -0.39 is 11.9 Å². The number of ether oxygens (including phenoxy) is 2. The molecular formula is C17H17FO3. The Balaban J connectivity index is 1.80. The fraction of sp³-hybridized carbons (Fsp3) is 0.294. The summed E-state index contributed by atoms with van der Waals surface area (Å²) in [6.07, 6.45) is -0.0518. The van der Waals surface area contributed by atoms with Gasteiger partial charge in [-0.2, -0.15) is 0 Å². The van der Waals surface area contributed by atoms with Crippen molar-refractivity contribution >= 4 is 0 Å². The van der Waals surface area contributed by atoms with Crippen molar-refractivity contribution in [2.75, 3.05) is 13.7 Å². The maximum atomic E-state index is 13.7. The number of halogens is 1. The second-order valence-electron chi connectivity index (χ2n) is 5.22. The molecule has 2 aromatic rings.